The number of halogens is 3. The van der Waals surface area contributed by atoms with Gasteiger partial charge in [-0.3, -0.25) is 9.59 Å². The molecule has 8 heteroatoms. The van der Waals surface area contributed by atoms with Crippen molar-refractivity contribution in [1.29, 1.82) is 0 Å². The quantitative estimate of drug-likeness (QED) is 0.765. The minimum atomic E-state index is -2.97. The standard InChI is InChI=1S/C18H12F3NO4/c19-11-5-3-4-10(8-11)14(16(20)21)9-15(23)26-22-17(24)12-6-1-2-7-13(12)18(22)25/h1-8,14,16H,9H2. The second kappa shape index (κ2) is 6.99. The number of fused-ring (bicyclic) bond motifs is 1. The van der Waals surface area contributed by atoms with Crippen LogP contribution in [-0.4, -0.2) is 29.3 Å². The van der Waals surface area contributed by atoms with Gasteiger partial charge in [-0.25, -0.2) is 18.0 Å². The van der Waals surface area contributed by atoms with E-state index in [9.17, 15) is 27.6 Å². The van der Waals surface area contributed by atoms with E-state index in [0.29, 0.717) is 0 Å². The summed E-state index contributed by atoms with van der Waals surface area (Å²) < 4.78 is 39.8. The second-order valence-corrected chi connectivity index (χ2v) is 5.61. The Bertz CT molecular complexity index is 849. The SMILES string of the molecule is O=C(CC(c1cccc(F)c1)C(F)F)ON1C(=O)c2ccccc2C1=O. The van der Waals surface area contributed by atoms with Gasteiger partial charge in [0.05, 0.1) is 23.5 Å². The summed E-state index contributed by atoms with van der Waals surface area (Å²) in [6, 6.07) is 10.3. The third kappa shape index (κ3) is 3.30. The van der Waals surface area contributed by atoms with Crippen molar-refractivity contribution in [2.75, 3.05) is 0 Å². The van der Waals surface area contributed by atoms with Gasteiger partial charge in [-0.15, -0.1) is 0 Å². The van der Waals surface area contributed by atoms with Crippen molar-refractivity contribution in [1.82, 2.24) is 5.06 Å². The van der Waals surface area contributed by atoms with Crippen molar-refractivity contribution in [2.24, 2.45) is 0 Å². The van der Waals surface area contributed by atoms with Crippen molar-refractivity contribution in [3.8, 4) is 0 Å². The molecule has 5 nitrogen and oxygen atoms in total. The van der Waals surface area contributed by atoms with E-state index < -0.39 is 42.4 Å². The fourth-order valence-electron chi connectivity index (χ4n) is 2.66. The molecule has 1 atom stereocenters. The molecule has 0 aromatic heterocycles. The molecule has 2 amide bonds. The Labute approximate surface area is 145 Å². The van der Waals surface area contributed by atoms with E-state index in [1.807, 2.05) is 0 Å². The van der Waals surface area contributed by atoms with Gasteiger partial charge in [0.25, 0.3) is 11.8 Å². The highest BCUT2D eigenvalue weighted by molar-refractivity contribution is 6.20. The molecule has 1 aliphatic heterocycles. The molecule has 0 saturated heterocycles. The van der Waals surface area contributed by atoms with Gasteiger partial charge in [-0.1, -0.05) is 29.3 Å². The summed E-state index contributed by atoms with van der Waals surface area (Å²) in [5.74, 6) is -5.25. The summed E-state index contributed by atoms with van der Waals surface area (Å²) in [6.07, 6.45) is -3.79. The average Bonchev–Trinajstić information content (AvgIpc) is 2.85. The number of nitrogens with zero attached hydrogens (tertiary/aromatic N) is 1. The van der Waals surface area contributed by atoms with E-state index in [4.69, 9.17) is 4.84 Å². The highest BCUT2D eigenvalue weighted by Gasteiger charge is 2.39. The Hall–Kier alpha value is -3.16. The van der Waals surface area contributed by atoms with Gasteiger partial charge < -0.3 is 4.84 Å². The van der Waals surface area contributed by atoms with Crippen LogP contribution in [0.15, 0.2) is 48.5 Å². The van der Waals surface area contributed by atoms with E-state index >= 15 is 0 Å². The molecular formula is C18H12F3NO4. The van der Waals surface area contributed by atoms with Crippen molar-refractivity contribution >= 4 is 17.8 Å². The fourth-order valence-corrected chi connectivity index (χ4v) is 2.66. The molecule has 0 N–H and O–H groups in total. The first-order valence-electron chi connectivity index (χ1n) is 7.60. The molecule has 2 aromatic carbocycles. The van der Waals surface area contributed by atoms with Crippen LogP contribution in [0, 0.1) is 5.82 Å². The van der Waals surface area contributed by atoms with Crippen LogP contribution < -0.4 is 0 Å². The van der Waals surface area contributed by atoms with Crippen LogP contribution in [-0.2, 0) is 9.63 Å². The van der Waals surface area contributed by atoms with E-state index in [2.05, 4.69) is 0 Å². The van der Waals surface area contributed by atoms with Crippen molar-refractivity contribution < 1.29 is 32.4 Å². The average molecular weight is 363 g/mol. The maximum atomic E-state index is 13.3. The van der Waals surface area contributed by atoms with Gasteiger partial charge in [-0.2, -0.15) is 0 Å². The van der Waals surface area contributed by atoms with Crippen molar-refractivity contribution in [3.05, 3.63) is 71.0 Å². The van der Waals surface area contributed by atoms with Crippen LogP contribution in [0.1, 0.15) is 38.6 Å². The molecule has 1 heterocycles. The summed E-state index contributed by atoms with van der Waals surface area (Å²) in [6.45, 7) is 0. The lowest BCUT2D eigenvalue weighted by atomic mass is 9.96. The number of imide groups is 1. The second-order valence-electron chi connectivity index (χ2n) is 5.61. The first kappa shape index (κ1) is 17.7. The van der Waals surface area contributed by atoms with Gasteiger partial charge >= 0.3 is 5.97 Å². The largest absolute Gasteiger partial charge is 0.334 e. The number of carbonyl (C=O) groups excluding carboxylic acids is 3. The van der Waals surface area contributed by atoms with Crippen molar-refractivity contribution in [2.45, 2.75) is 18.8 Å². The molecule has 0 saturated carbocycles. The molecular weight excluding hydrogens is 351 g/mol. The van der Waals surface area contributed by atoms with Gasteiger partial charge in [0.1, 0.15) is 5.82 Å². The molecule has 0 fully saturated rings. The Morgan fingerprint density at radius 1 is 1.00 bits per heavy atom. The molecule has 1 aliphatic rings. The van der Waals surface area contributed by atoms with Crippen molar-refractivity contribution in [3.63, 3.8) is 0 Å². The Morgan fingerprint density at radius 3 is 2.15 bits per heavy atom. The third-order valence-corrected chi connectivity index (χ3v) is 3.92. The molecule has 26 heavy (non-hydrogen) atoms. The zero-order valence-corrected chi connectivity index (χ0v) is 13.2. The predicted molar refractivity (Wildman–Crippen MR) is 82.8 cm³/mol. The number of hydrogen-bond acceptors (Lipinski definition) is 4. The van der Waals surface area contributed by atoms with Gasteiger partial charge in [0.15, 0.2) is 0 Å². The summed E-state index contributed by atoms with van der Waals surface area (Å²) in [4.78, 5) is 41.0. The molecule has 3 rings (SSSR count). The molecule has 0 bridgehead atoms. The first-order valence-corrected chi connectivity index (χ1v) is 7.60. The minimum absolute atomic E-state index is 0.0563. The number of alkyl halides is 2. The normalized spacial score (nSPS) is 14.5. The van der Waals surface area contributed by atoms with Crippen LogP contribution in [0.2, 0.25) is 0 Å². The molecule has 0 radical (unpaired) electrons. The number of amides is 2. The number of hydrogen-bond donors (Lipinski definition) is 0. The highest BCUT2D eigenvalue weighted by atomic mass is 19.3. The van der Waals surface area contributed by atoms with E-state index in [1.165, 1.54) is 36.4 Å². The molecule has 0 spiro atoms. The van der Waals surface area contributed by atoms with Crippen LogP contribution in [0.4, 0.5) is 13.2 Å². The zero-order valence-electron chi connectivity index (χ0n) is 13.2. The summed E-state index contributed by atoms with van der Waals surface area (Å²) >= 11 is 0. The molecule has 134 valence electrons. The molecule has 1 unspecified atom stereocenters. The molecule has 2 aromatic rings. The number of benzene rings is 2. The van der Waals surface area contributed by atoms with Gasteiger partial charge in [0.2, 0.25) is 6.43 Å². The lowest BCUT2D eigenvalue weighted by Crippen LogP contribution is -2.33. The minimum Gasteiger partial charge on any atom is -0.330 e. The monoisotopic (exact) mass is 363 g/mol. The summed E-state index contributed by atoms with van der Waals surface area (Å²) in [5.41, 5.74) is 0.0287. The lowest BCUT2D eigenvalue weighted by Gasteiger charge is -2.18. The zero-order chi connectivity index (χ0) is 18.8. The van der Waals surface area contributed by atoms with Gasteiger partial charge in [0, 0.05) is 0 Å². The topological polar surface area (TPSA) is 63.7 Å². The number of rotatable bonds is 5. The third-order valence-electron chi connectivity index (χ3n) is 3.92. The van der Waals surface area contributed by atoms with E-state index in [0.717, 1.165) is 12.1 Å². The van der Waals surface area contributed by atoms with Gasteiger partial charge in [-0.05, 0) is 29.8 Å². The van der Waals surface area contributed by atoms with Crippen LogP contribution in [0.3, 0.4) is 0 Å². The Morgan fingerprint density at radius 2 is 1.62 bits per heavy atom. The Balaban J connectivity index is 1.74. The van der Waals surface area contributed by atoms with E-state index in [1.54, 1.807) is 0 Å². The maximum absolute atomic E-state index is 13.3. The highest BCUT2D eigenvalue weighted by Crippen LogP contribution is 2.29. The summed E-state index contributed by atoms with van der Waals surface area (Å²) in [5, 5.41) is 0.251. The van der Waals surface area contributed by atoms with Crippen LogP contribution in [0.5, 0.6) is 0 Å². The fraction of sp³-hybridized carbons (Fsp3) is 0.167. The van der Waals surface area contributed by atoms with Crippen LogP contribution >= 0.6 is 0 Å². The number of hydroxylamine groups is 2. The lowest BCUT2D eigenvalue weighted by molar-refractivity contribution is -0.169. The first-order chi connectivity index (χ1) is 12.4. The van der Waals surface area contributed by atoms with E-state index in [-0.39, 0.29) is 21.8 Å². The number of carbonyl (C=O) groups is 3. The molecule has 0 aliphatic carbocycles. The Kier molecular flexibility index (Phi) is 4.75. The maximum Gasteiger partial charge on any atom is 0.334 e. The predicted octanol–water partition coefficient (Wildman–Crippen LogP) is 3.32. The van der Waals surface area contributed by atoms with Crippen LogP contribution in [0.25, 0.3) is 0 Å². The smallest absolute Gasteiger partial charge is 0.330 e. The summed E-state index contributed by atoms with van der Waals surface area (Å²) in [7, 11) is 0.